The van der Waals surface area contributed by atoms with E-state index in [4.69, 9.17) is 11.6 Å². The molecule has 2 N–H and O–H groups in total. The molecule has 3 aromatic rings. The summed E-state index contributed by atoms with van der Waals surface area (Å²) in [6.45, 7) is 4.23. The number of halogens is 3. The first-order valence-corrected chi connectivity index (χ1v) is 12.1. The third kappa shape index (κ3) is 6.37. The summed E-state index contributed by atoms with van der Waals surface area (Å²) in [7, 11) is 4.03. The van der Waals surface area contributed by atoms with Gasteiger partial charge >= 0.3 is 0 Å². The second-order valence-corrected chi connectivity index (χ2v) is 9.65. The third-order valence-corrected chi connectivity index (χ3v) is 6.48. The molecule has 3 heterocycles. The maximum absolute atomic E-state index is 14.4. The molecule has 1 aromatic carbocycles. The summed E-state index contributed by atoms with van der Waals surface area (Å²) in [5.74, 6) is -2.31. The van der Waals surface area contributed by atoms with E-state index in [-0.39, 0.29) is 23.6 Å². The van der Waals surface area contributed by atoms with E-state index in [1.807, 2.05) is 14.1 Å². The normalized spacial score (nSPS) is 15.4. The van der Waals surface area contributed by atoms with Gasteiger partial charge in [-0.05, 0) is 37.9 Å². The van der Waals surface area contributed by atoms with E-state index in [1.54, 1.807) is 17.0 Å². The lowest BCUT2D eigenvalue weighted by Crippen LogP contribution is -2.56. The molecule has 8 nitrogen and oxygen atoms in total. The van der Waals surface area contributed by atoms with E-state index in [2.05, 4.69) is 25.1 Å². The monoisotopic (exact) mass is 518 g/mol. The topological polar surface area (TPSA) is 84.6 Å². The van der Waals surface area contributed by atoms with Crippen molar-refractivity contribution in [2.45, 2.75) is 12.5 Å². The Kier molecular flexibility index (Phi) is 8.17. The van der Waals surface area contributed by atoms with Gasteiger partial charge in [0.15, 0.2) is 0 Å². The molecule has 1 saturated heterocycles. The Balaban J connectivity index is 1.50. The number of hydrogen-bond donors (Lipinski definition) is 2. The summed E-state index contributed by atoms with van der Waals surface area (Å²) in [5.41, 5.74) is 0.821. The van der Waals surface area contributed by atoms with E-state index in [0.29, 0.717) is 42.2 Å². The highest BCUT2D eigenvalue weighted by Gasteiger charge is 2.30. The van der Waals surface area contributed by atoms with Crippen molar-refractivity contribution in [3.05, 3.63) is 64.4 Å². The van der Waals surface area contributed by atoms with Crippen molar-refractivity contribution in [1.29, 1.82) is 0 Å². The van der Waals surface area contributed by atoms with Crippen LogP contribution in [0.2, 0.25) is 5.02 Å². The largest absolute Gasteiger partial charge is 0.339 e. The number of H-pyrrole nitrogens is 1. The first kappa shape index (κ1) is 26.0. The van der Waals surface area contributed by atoms with Crippen molar-refractivity contribution in [3.63, 3.8) is 0 Å². The minimum absolute atomic E-state index is 0.109. The van der Waals surface area contributed by atoms with Crippen molar-refractivity contribution < 1.29 is 18.4 Å². The number of carbonyl (C=O) groups is 2. The molecule has 2 aromatic heterocycles. The highest BCUT2D eigenvalue weighted by Crippen LogP contribution is 2.19. The Morgan fingerprint density at radius 2 is 1.92 bits per heavy atom. The highest BCUT2D eigenvalue weighted by molar-refractivity contribution is 6.31. The van der Waals surface area contributed by atoms with Gasteiger partial charge in [-0.1, -0.05) is 17.7 Å². The van der Waals surface area contributed by atoms with Crippen molar-refractivity contribution in [1.82, 2.24) is 30.0 Å². The van der Waals surface area contributed by atoms with Crippen LogP contribution in [0.3, 0.4) is 0 Å². The summed E-state index contributed by atoms with van der Waals surface area (Å²) in [6, 6.07) is 5.43. The number of nitrogens with one attached hydrogen (secondary N) is 2. The van der Waals surface area contributed by atoms with Crippen LogP contribution in [0, 0.1) is 11.6 Å². The molecule has 0 saturated carbocycles. The van der Waals surface area contributed by atoms with Crippen molar-refractivity contribution in [2.75, 3.05) is 53.4 Å². The van der Waals surface area contributed by atoms with Crippen LogP contribution in [-0.4, -0.2) is 95.9 Å². The molecule has 0 unspecified atom stereocenters. The zero-order valence-electron chi connectivity index (χ0n) is 20.2. The van der Waals surface area contributed by atoms with E-state index < -0.39 is 23.6 Å². The maximum Gasteiger partial charge on any atom is 0.268 e. The molecule has 4 rings (SSSR count). The minimum atomic E-state index is -1.03. The van der Waals surface area contributed by atoms with Crippen LogP contribution in [0.4, 0.5) is 8.78 Å². The number of amides is 2. The van der Waals surface area contributed by atoms with Gasteiger partial charge in [-0.25, -0.2) is 13.8 Å². The number of piperazine rings is 1. The van der Waals surface area contributed by atoms with Crippen LogP contribution in [0.5, 0.6) is 0 Å². The minimum Gasteiger partial charge on any atom is -0.339 e. The van der Waals surface area contributed by atoms with Crippen molar-refractivity contribution >= 4 is 34.4 Å². The van der Waals surface area contributed by atoms with Crippen LogP contribution in [0.15, 0.2) is 36.5 Å². The van der Waals surface area contributed by atoms with Gasteiger partial charge in [0.2, 0.25) is 5.91 Å². The van der Waals surface area contributed by atoms with Crippen molar-refractivity contribution in [3.8, 4) is 0 Å². The molecule has 36 heavy (non-hydrogen) atoms. The zero-order chi connectivity index (χ0) is 25.8. The quantitative estimate of drug-likeness (QED) is 0.479. The fourth-order valence-corrected chi connectivity index (χ4v) is 4.37. The van der Waals surface area contributed by atoms with Gasteiger partial charge in [0.1, 0.15) is 29.0 Å². The number of aromatic nitrogens is 2. The average Bonchev–Trinajstić information content (AvgIpc) is 3.27. The van der Waals surface area contributed by atoms with Gasteiger partial charge in [-0.15, -0.1) is 0 Å². The van der Waals surface area contributed by atoms with Crippen molar-refractivity contribution in [2.24, 2.45) is 0 Å². The van der Waals surface area contributed by atoms with E-state index in [0.717, 1.165) is 25.2 Å². The molecule has 11 heteroatoms. The molecule has 1 fully saturated rings. The van der Waals surface area contributed by atoms with Crippen LogP contribution in [0.1, 0.15) is 16.1 Å². The number of rotatable bonds is 8. The lowest BCUT2D eigenvalue weighted by Gasteiger charge is -2.37. The summed E-state index contributed by atoms with van der Waals surface area (Å²) in [5, 5.41) is 3.82. The summed E-state index contributed by atoms with van der Waals surface area (Å²) < 4.78 is 27.9. The number of fused-ring (bicyclic) bond motifs is 1. The zero-order valence-corrected chi connectivity index (χ0v) is 21.0. The summed E-state index contributed by atoms with van der Waals surface area (Å²) in [4.78, 5) is 39.7. The van der Waals surface area contributed by atoms with Gasteiger partial charge in [-0.3, -0.25) is 14.5 Å². The number of pyridine rings is 1. The number of aromatic amines is 1. The van der Waals surface area contributed by atoms with Crippen LogP contribution in [0.25, 0.3) is 11.0 Å². The fourth-order valence-electron chi connectivity index (χ4n) is 4.21. The predicted molar refractivity (Wildman–Crippen MR) is 134 cm³/mol. The molecular formula is C25H29ClF2N6O2. The number of hydrogen-bond acceptors (Lipinski definition) is 5. The standard InChI is InChI=1S/C25H29ClF2N6O2/c1-32(2)5-6-33-7-9-34(10-8-33)25(36)22(12-16-3-4-19(27)14-20(16)28)31-24(35)21-13-17-11-18(26)15-29-23(17)30-21/h3-4,11,13-15,22H,5-10,12H2,1-2H3,(H,29,30)(H,31,35)/t22-/m0/s1. The second-order valence-electron chi connectivity index (χ2n) is 9.21. The Morgan fingerprint density at radius 3 is 2.61 bits per heavy atom. The molecule has 0 radical (unpaired) electrons. The van der Waals surface area contributed by atoms with Crippen LogP contribution in [-0.2, 0) is 11.2 Å². The molecule has 1 aliphatic heterocycles. The maximum atomic E-state index is 14.4. The highest BCUT2D eigenvalue weighted by atomic mass is 35.5. The van der Waals surface area contributed by atoms with Gasteiger partial charge in [-0.2, -0.15) is 0 Å². The molecule has 2 amide bonds. The summed E-state index contributed by atoms with van der Waals surface area (Å²) in [6.07, 6.45) is 1.35. The van der Waals surface area contributed by atoms with E-state index >= 15 is 0 Å². The summed E-state index contributed by atoms with van der Waals surface area (Å²) >= 11 is 5.99. The molecule has 1 atom stereocenters. The average molecular weight is 519 g/mol. The van der Waals surface area contributed by atoms with Gasteiger partial charge in [0, 0.05) is 63.3 Å². The van der Waals surface area contributed by atoms with Crippen LogP contribution >= 0.6 is 11.6 Å². The predicted octanol–water partition coefficient (Wildman–Crippen LogP) is 2.54. The molecule has 0 spiro atoms. The van der Waals surface area contributed by atoms with Gasteiger partial charge in [0.25, 0.3) is 5.91 Å². The Labute approximate surface area is 213 Å². The lowest BCUT2D eigenvalue weighted by molar-refractivity contribution is -0.135. The Bertz CT molecular complexity index is 1240. The molecule has 1 aliphatic rings. The SMILES string of the molecule is CN(C)CCN1CCN(C(=O)[C@H](Cc2ccc(F)cc2F)NC(=O)c2cc3cc(Cl)cnc3[nH]2)CC1. The molecule has 0 aliphatic carbocycles. The smallest absolute Gasteiger partial charge is 0.268 e. The van der Waals surface area contributed by atoms with Crippen LogP contribution < -0.4 is 5.32 Å². The molecular weight excluding hydrogens is 490 g/mol. The number of nitrogens with zero attached hydrogens (tertiary/aromatic N) is 4. The first-order valence-electron chi connectivity index (χ1n) is 11.7. The Hall–Kier alpha value is -3.08. The number of likely N-dealkylation sites (N-methyl/N-ethyl adjacent to an activating group) is 1. The van der Waals surface area contributed by atoms with Gasteiger partial charge in [0.05, 0.1) is 5.02 Å². The number of benzene rings is 1. The third-order valence-electron chi connectivity index (χ3n) is 6.27. The number of carbonyl (C=O) groups excluding carboxylic acids is 2. The second kappa shape index (κ2) is 11.3. The molecule has 0 bridgehead atoms. The van der Waals surface area contributed by atoms with E-state index in [1.165, 1.54) is 12.3 Å². The lowest BCUT2D eigenvalue weighted by atomic mass is 10.0. The van der Waals surface area contributed by atoms with E-state index in [9.17, 15) is 18.4 Å². The Morgan fingerprint density at radius 1 is 1.17 bits per heavy atom. The van der Waals surface area contributed by atoms with Gasteiger partial charge < -0.3 is 20.1 Å². The first-order chi connectivity index (χ1) is 17.2. The fraction of sp³-hybridized carbons (Fsp3) is 0.400. The molecule has 192 valence electrons.